The minimum atomic E-state index is -0.705. The Balaban J connectivity index is 1.95. The van der Waals surface area contributed by atoms with Crippen LogP contribution in [0.25, 0.3) is 22.1 Å². The van der Waals surface area contributed by atoms with Crippen molar-refractivity contribution in [2.75, 3.05) is 13.7 Å². The number of phenolic OH excluding ortho intramolecular Hbond substituents is 2. The third-order valence-electron chi connectivity index (χ3n) is 5.13. The Morgan fingerprint density at radius 1 is 1.18 bits per heavy atom. The summed E-state index contributed by atoms with van der Waals surface area (Å²) in [6.45, 7) is 1.69. The zero-order valence-electron chi connectivity index (χ0n) is 15.5. The van der Waals surface area contributed by atoms with Crippen molar-refractivity contribution in [1.82, 2.24) is 0 Å². The van der Waals surface area contributed by atoms with Crippen molar-refractivity contribution in [1.29, 1.82) is 0 Å². The number of aliphatic hydroxyl groups is 1. The Hall–Kier alpha value is -3.19. The predicted octanol–water partition coefficient (Wildman–Crippen LogP) is 2.96. The van der Waals surface area contributed by atoms with E-state index in [1.54, 1.807) is 12.1 Å². The molecule has 0 saturated carbocycles. The Bertz CT molecular complexity index is 1130. The summed E-state index contributed by atoms with van der Waals surface area (Å²) in [7, 11) is 1.53. The number of ether oxygens (including phenoxy) is 2. The smallest absolute Gasteiger partial charge is 0.344 e. The first kappa shape index (κ1) is 18.2. The van der Waals surface area contributed by atoms with Crippen molar-refractivity contribution in [3.05, 3.63) is 46.3 Å². The highest BCUT2D eigenvalue weighted by Gasteiger charge is 2.33. The van der Waals surface area contributed by atoms with Gasteiger partial charge in [-0.15, -0.1) is 0 Å². The highest BCUT2D eigenvalue weighted by Crippen LogP contribution is 2.44. The predicted molar refractivity (Wildman–Crippen MR) is 102 cm³/mol. The molecule has 0 aliphatic carbocycles. The Morgan fingerprint density at radius 3 is 2.64 bits per heavy atom. The van der Waals surface area contributed by atoms with Crippen molar-refractivity contribution >= 4 is 11.0 Å². The van der Waals surface area contributed by atoms with Gasteiger partial charge < -0.3 is 29.2 Å². The third kappa shape index (κ3) is 2.84. The van der Waals surface area contributed by atoms with E-state index in [0.717, 1.165) is 11.6 Å². The fraction of sp³-hybridized carbons (Fsp3) is 0.286. The number of phenols is 2. The van der Waals surface area contributed by atoms with Crippen molar-refractivity contribution in [3.63, 3.8) is 0 Å². The van der Waals surface area contributed by atoms with Crippen LogP contribution >= 0.6 is 0 Å². The van der Waals surface area contributed by atoms with Crippen LogP contribution in [-0.2, 0) is 6.42 Å². The maximum atomic E-state index is 12.6. The molecule has 146 valence electrons. The van der Waals surface area contributed by atoms with Gasteiger partial charge in [-0.3, -0.25) is 0 Å². The first-order chi connectivity index (χ1) is 13.3. The average Bonchev–Trinajstić information content (AvgIpc) is 2.66. The van der Waals surface area contributed by atoms with E-state index in [-0.39, 0.29) is 34.8 Å². The Labute approximate surface area is 160 Å². The van der Waals surface area contributed by atoms with Crippen molar-refractivity contribution in [3.8, 4) is 34.1 Å². The van der Waals surface area contributed by atoms with Crippen LogP contribution in [0.5, 0.6) is 23.0 Å². The van der Waals surface area contributed by atoms with Gasteiger partial charge in [-0.25, -0.2) is 4.79 Å². The van der Waals surface area contributed by atoms with Crippen LogP contribution in [0.1, 0.15) is 18.9 Å². The monoisotopic (exact) mass is 384 g/mol. The highest BCUT2D eigenvalue weighted by molar-refractivity contribution is 5.91. The van der Waals surface area contributed by atoms with Crippen molar-refractivity contribution in [2.45, 2.75) is 25.4 Å². The summed E-state index contributed by atoms with van der Waals surface area (Å²) in [5, 5.41) is 29.8. The molecule has 1 aromatic heterocycles. The summed E-state index contributed by atoms with van der Waals surface area (Å²) in [4.78, 5) is 12.6. The van der Waals surface area contributed by atoms with E-state index in [1.807, 2.05) is 6.92 Å². The molecule has 0 saturated heterocycles. The van der Waals surface area contributed by atoms with Crippen LogP contribution in [-0.4, -0.2) is 34.6 Å². The van der Waals surface area contributed by atoms with Gasteiger partial charge in [-0.2, -0.15) is 0 Å². The minimum Gasteiger partial charge on any atom is -0.508 e. The van der Waals surface area contributed by atoms with E-state index in [0.29, 0.717) is 29.7 Å². The molecule has 28 heavy (non-hydrogen) atoms. The molecule has 0 amide bonds. The quantitative estimate of drug-likeness (QED) is 0.596. The molecular formula is C21H20O7. The van der Waals surface area contributed by atoms with Gasteiger partial charge >= 0.3 is 5.63 Å². The van der Waals surface area contributed by atoms with Crippen LogP contribution in [0.4, 0.5) is 0 Å². The van der Waals surface area contributed by atoms with E-state index in [9.17, 15) is 20.1 Å². The fourth-order valence-corrected chi connectivity index (χ4v) is 3.56. The van der Waals surface area contributed by atoms with Gasteiger partial charge in [0.05, 0.1) is 24.7 Å². The summed E-state index contributed by atoms with van der Waals surface area (Å²) >= 11 is 0. The minimum absolute atomic E-state index is 0.109. The number of hydrogen-bond acceptors (Lipinski definition) is 7. The summed E-state index contributed by atoms with van der Waals surface area (Å²) in [5.74, 6) is 0.694. The molecule has 0 fully saturated rings. The Morgan fingerprint density at radius 2 is 1.96 bits per heavy atom. The average molecular weight is 384 g/mol. The number of fused-ring (bicyclic) bond motifs is 2. The molecule has 1 aliphatic heterocycles. The largest absolute Gasteiger partial charge is 0.508 e. The van der Waals surface area contributed by atoms with Crippen LogP contribution in [0.15, 0.2) is 39.5 Å². The molecular weight excluding hydrogens is 364 g/mol. The second kappa shape index (κ2) is 6.45. The molecule has 4 rings (SSSR count). The molecule has 3 aromatic rings. The molecule has 7 heteroatoms. The van der Waals surface area contributed by atoms with Crippen LogP contribution in [0.3, 0.4) is 0 Å². The summed E-state index contributed by atoms with van der Waals surface area (Å²) < 4.78 is 17.0. The number of rotatable bonds is 3. The second-order valence-corrected chi connectivity index (χ2v) is 7.16. The molecule has 0 radical (unpaired) electrons. The van der Waals surface area contributed by atoms with Gasteiger partial charge in [0, 0.05) is 23.3 Å². The highest BCUT2D eigenvalue weighted by atomic mass is 16.5. The number of aliphatic hydroxyl groups excluding tert-OH is 1. The molecule has 2 heterocycles. The maximum Gasteiger partial charge on any atom is 0.344 e. The maximum absolute atomic E-state index is 12.6. The normalized spacial score (nSPS) is 18.5. The number of benzene rings is 2. The second-order valence-electron chi connectivity index (χ2n) is 7.16. The van der Waals surface area contributed by atoms with Crippen LogP contribution in [0.2, 0.25) is 0 Å². The van der Waals surface area contributed by atoms with E-state index >= 15 is 0 Å². The molecule has 0 spiro atoms. The van der Waals surface area contributed by atoms with E-state index < -0.39 is 11.2 Å². The fourth-order valence-electron chi connectivity index (χ4n) is 3.56. The SMILES string of the molecule is COc1c2c(cc3oc(=O)c(-c4ccc(O)cc4O)cc13)O[C@](C)(CO)CC2. The zero-order chi connectivity index (χ0) is 20.1. The lowest BCUT2D eigenvalue weighted by Gasteiger charge is -2.35. The van der Waals surface area contributed by atoms with Crippen LogP contribution in [0, 0.1) is 0 Å². The standard InChI is InChI=1S/C21H20O7/c1-21(10-22)6-5-13-18(28-21)9-17-15(19(13)26-2)8-14(20(25)27-17)12-4-3-11(23)7-16(12)24/h3-4,7-9,22-24H,5-6,10H2,1-2H3/t21-/m0/s1. The first-order valence-electron chi connectivity index (χ1n) is 8.85. The Kier molecular flexibility index (Phi) is 4.19. The van der Waals surface area contributed by atoms with Crippen LogP contribution < -0.4 is 15.1 Å². The van der Waals surface area contributed by atoms with E-state index in [1.165, 1.54) is 19.2 Å². The zero-order valence-corrected chi connectivity index (χ0v) is 15.5. The molecule has 1 atom stereocenters. The molecule has 2 aromatic carbocycles. The number of hydrogen-bond donors (Lipinski definition) is 3. The van der Waals surface area contributed by atoms with Gasteiger partial charge in [-0.05, 0) is 38.0 Å². The number of methoxy groups -OCH3 is 1. The first-order valence-corrected chi connectivity index (χ1v) is 8.85. The topological polar surface area (TPSA) is 109 Å². The summed E-state index contributed by atoms with van der Waals surface area (Å²) in [6, 6.07) is 7.22. The molecule has 0 bridgehead atoms. The van der Waals surface area contributed by atoms with E-state index in [2.05, 4.69) is 0 Å². The van der Waals surface area contributed by atoms with Gasteiger partial charge in [-0.1, -0.05) is 0 Å². The van der Waals surface area contributed by atoms with Gasteiger partial charge in [0.25, 0.3) is 0 Å². The van der Waals surface area contributed by atoms with E-state index in [4.69, 9.17) is 13.9 Å². The van der Waals surface area contributed by atoms with Crippen molar-refractivity contribution in [2.24, 2.45) is 0 Å². The molecule has 0 unspecified atom stereocenters. The lowest BCUT2D eigenvalue weighted by atomic mass is 9.91. The van der Waals surface area contributed by atoms with Crippen molar-refractivity contribution < 1.29 is 29.2 Å². The molecule has 3 N–H and O–H groups in total. The molecule has 7 nitrogen and oxygen atoms in total. The number of aromatic hydroxyl groups is 2. The summed E-state index contributed by atoms with van der Waals surface area (Å²) in [6.07, 6.45) is 1.24. The van der Waals surface area contributed by atoms with Gasteiger partial charge in [0.15, 0.2) is 0 Å². The lowest BCUT2D eigenvalue weighted by molar-refractivity contribution is 0.00769. The van der Waals surface area contributed by atoms with Gasteiger partial charge in [0.1, 0.15) is 34.2 Å². The summed E-state index contributed by atoms with van der Waals surface area (Å²) in [5.41, 5.74) is 0.165. The van der Waals surface area contributed by atoms with Gasteiger partial charge in [0.2, 0.25) is 0 Å². The third-order valence-corrected chi connectivity index (χ3v) is 5.13. The molecule has 1 aliphatic rings. The lowest BCUT2D eigenvalue weighted by Crippen LogP contribution is -2.40.